The number of aromatic nitrogens is 2. The summed E-state index contributed by atoms with van der Waals surface area (Å²) in [5.74, 6) is 0. The average molecular weight is 270 g/mol. The Morgan fingerprint density at radius 3 is 2.53 bits per heavy atom. The largest absolute Gasteiger partial charge is 0.332 e. The van der Waals surface area contributed by atoms with Gasteiger partial charge in [0.15, 0.2) is 5.69 Å². The number of nitrogens with zero attached hydrogens (tertiary/aromatic N) is 3. The summed E-state index contributed by atoms with van der Waals surface area (Å²) >= 11 is 11.7. The van der Waals surface area contributed by atoms with E-state index < -0.39 is 4.92 Å². The third kappa shape index (κ3) is 2.20. The highest BCUT2D eigenvalue weighted by atomic mass is 35.5. The third-order valence-electron chi connectivity index (χ3n) is 2.09. The smallest absolute Gasteiger partial charge is 0.258 e. The molecule has 0 spiro atoms. The van der Waals surface area contributed by atoms with E-state index in [4.69, 9.17) is 23.2 Å². The van der Waals surface area contributed by atoms with Crippen LogP contribution in [0.1, 0.15) is 0 Å². The summed E-state index contributed by atoms with van der Waals surface area (Å²) < 4.78 is 0. The van der Waals surface area contributed by atoms with Crippen LogP contribution in [0.2, 0.25) is 10.2 Å². The molecule has 17 heavy (non-hydrogen) atoms. The molecule has 2 aromatic rings. The van der Waals surface area contributed by atoms with Crippen molar-refractivity contribution < 1.29 is 4.92 Å². The highest BCUT2D eigenvalue weighted by Crippen LogP contribution is 2.35. The maximum Gasteiger partial charge on any atom is 0.332 e. The summed E-state index contributed by atoms with van der Waals surface area (Å²) in [4.78, 5) is 17.8. The Bertz CT molecular complexity index is 590. The molecule has 0 amide bonds. The molecule has 0 unspecified atom stereocenters. The Balaban J connectivity index is 2.72. The Labute approximate surface area is 106 Å². The first-order chi connectivity index (χ1) is 8.11. The lowest BCUT2D eigenvalue weighted by Gasteiger charge is -2.04. The second kappa shape index (κ2) is 4.65. The molecule has 1 aromatic heterocycles. The number of rotatable bonds is 2. The van der Waals surface area contributed by atoms with Crippen LogP contribution in [0.5, 0.6) is 0 Å². The van der Waals surface area contributed by atoms with Gasteiger partial charge in [0.2, 0.25) is 5.15 Å². The van der Waals surface area contributed by atoms with Crippen LogP contribution in [0.25, 0.3) is 11.3 Å². The van der Waals surface area contributed by atoms with Gasteiger partial charge in [-0.1, -0.05) is 41.4 Å². The molecule has 0 N–H and O–H groups in total. The molecule has 86 valence electrons. The van der Waals surface area contributed by atoms with Gasteiger partial charge in [0, 0.05) is 5.56 Å². The fraction of sp³-hybridized carbons (Fsp3) is 0. The minimum Gasteiger partial charge on any atom is -0.258 e. The van der Waals surface area contributed by atoms with Crippen molar-refractivity contribution in [2.45, 2.75) is 0 Å². The molecule has 1 heterocycles. The monoisotopic (exact) mass is 269 g/mol. The van der Waals surface area contributed by atoms with E-state index >= 15 is 0 Å². The summed E-state index contributed by atoms with van der Waals surface area (Å²) in [5, 5.41) is 11.1. The van der Waals surface area contributed by atoms with Crippen molar-refractivity contribution in [1.82, 2.24) is 9.97 Å². The molecule has 2 rings (SSSR count). The maximum atomic E-state index is 10.9. The molecule has 7 heteroatoms. The van der Waals surface area contributed by atoms with Crippen LogP contribution in [0.15, 0.2) is 30.6 Å². The van der Waals surface area contributed by atoms with Crippen molar-refractivity contribution in [3.63, 3.8) is 0 Å². The highest BCUT2D eigenvalue weighted by molar-refractivity contribution is 6.34. The first kappa shape index (κ1) is 11.8. The zero-order valence-corrected chi connectivity index (χ0v) is 9.81. The van der Waals surface area contributed by atoms with Crippen molar-refractivity contribution in [3.8, 4) is 11.3 Å². The number of halogens is 2. The lowest BCUT2D eigenvalue weighted by Crippen LogP contribution is -1.97. The van der Waals surface area contributed by atoms with E-state index in [9.17, 15) is 10.1 Å². The van der Waals surface area contributed by atoms with E-state index in [0.29, 0.717) is 10.6 Å². The molecule has 1 aromatic carbocycles. The molecule has 0 aliphatic carbocycles. The van der Waals surface area contributed by atoms with Gasteiger partial charge in [-0.25, -0.2) is 9.97 Å². The first-order valence-corrected chi connectivity index (χ1v) is 5.26. The van der Waals surface area contributed by atoms with E-state index in [1.54, 1.807) is 24.3 Å². The van der Waals surface area contributed by atoms with Crippen molar-refractivity contribution in [3.05, 3.63) is 50.9 Å². The van der Waals surface area contributed by atoms with Crippen LogP contribution in [-0.4, -0.2) is 14.9 Å². The highest BCUT2D eigenvalue weighted by Gasteiger charge is 2.23. The quantitative estimate of drug-likeness (QED) is 0.476. The van der Waals surface area contributed by atoms with Gasteiger partial charge in [-0.3, -0.25) is 10.1 Å². The minimum absolute atomic E-state index is 0.112. The van der Waals surface area contributed by atoms with E-state index in [-0.39, 0.29) is 16.5 Å². The second-order valence-corrected chi connectivity index (χ2v) is 3.86. The standard InChI is InChI=1S/C10H5Cl2N3O2/c11-7-4-2-1-3-6(7)8-9(15(16)17)10(12)14-5-13-8/h1-5H. The van der Waals surface area contributed by atoms with E-state index in [1.807, 2.05) is 0 Å². The molecule has 0 saturated heterocycles. The van der Waals surface area contributed by atoms with Gasteiger partial charge in [-0.15, -0.1) is 0 Å². The maximum absolute atomic E-state index is 10.9. The van der Waals surface area contributed by atoms with Crippen LogP contribution in [0, 0.1) is 10.1 Å². The molecular formula is C10H5Cl2N3O2. The molecule has 0 saturated carbocycles. The Kier molecular flexibility index (Phi) is 3.21. The second-order valence-electron chi connectivity index (χ2n) is 3.10. The molecule has 5 nitrogen and oxygen atoms in total. The Hall–Kier alpha value is -1.72. The van der Waals surface area contributed by atoms with Crippen LogP contribution < -0.4 is 0 Å². The fourth-order valence-electron chi connectivity index (χ4n) is 1.37. The molecule has 0 aliphatic rings. The average Bonchev–Trinajstić information content (AvgIpc) is 2.28. The molecule has 0 aliphatic heterocycles. The van der Waals surface area contributed by atoms with Crippen molar-refractivity contribution in [2.24, 2.45) is 0 Å². The molecule has 0 bridgehead atoms. The summed E-state index contributed by atoms with van der Waals surface area (Å²) in [6.45, 7) is 0. The van der Waals surface area contributed by atoms with E-state index in [0.717, 1.165) is 6.33 Å². The van der Waals surface area contributed by atoms with Crippen molar-refractivity contribution in [2.75, 3.05) is 0 Å². The van der Waals surface area contributed by atoms with Gasteiger partial charge in [0.1, 0.15) is 6.33 Å². The van der Waals surface area contributed by atoms with Gasteiger partial charge in [-0.05, 0) is 6.07 Å². The fourth-order valence-corrected chi connectivity index (χ4v) is 1.80. The molecule has 0 atom stereocenters. The summed E-state index contributed by atoms with van der Waals surface area (Å²) in [5.41, 5.74) is 0.216. The lowest BCUT2D eigenvalue weighted by atomic mass is 10.1. The predicted octanol–water partition coefficient (Wildman–Crippen LogP) is 3.36. The zero-order valence-electron chi connectivity index (χ0n) is 8.30. The third-order valence-corrected chi connectivity index (χ3v) is 2.70. The van der Waals surface area contributed by atoms with Crippen LogP contribution in [-0.2, 0) is 0 Å². The van der Waals surface area contributed by atoms with Gasteiger partial charge >= 0.3 is 5.69 Å². The number of benzene rings is 1. The molecule has 0 fully saturated rings. The first-order valence-electron chi connectivity index (χ1n) is 4.51. The predicted molar refractivity (Wildman–Crippen MR) is 64.1 cm³/mol. The Morgan fingerprint density at radius 1 is 1.18 bits per heavy atom. The minimum atomic E-state index is -0.624. The lowest BCUT2D eigenvalue weighted by molar-refractivity contribution is -0.384. The van der Waals surface area contributed by atoms with Gasteiger partial charge in [0.05, 0.1) is 9.95 Å². The van der Waals surface area contributed by atoms with Crippen molar-refractivity contribution >= 4 is 28.9 Å². The van der Waals surface area contributed by atoms with Crippen LogP contribution in [0.3, 0.4) is 0 Å². The summed E-state index contributed by atoms with van der Waals surface area (Å²) in [7, 11) is 0. The van der Waals surface area contributed by atoms with Gasteiger partial charge in [-0.2, -0.15) is 0 Å². The molecule has 0 radical (unpaired) electrons. The normalized spacial score (nSPS) is 10.2. The summed E-state index contributed by atoms with van der Waals surface area (Å²) in [6, 6.07) is 6.69. The van der Waals surface area contributed by atoms with Crippen LogP contribution >= 0.6 is 23.2 Å². The summed E-state index contributed by atoms with van der Waals surface area (Å²) in [6.07, 6.45) is 1.16. The molecular weight excluding hydrogens is 265 g/mol. The van der Waals surface area contributed by atoms with E-state index in [1.165, 1.54) is 0 Å². The zero-order chi connectivity index (χ0) is 12.4. The van der Waals surface area contributed by atoms with Gasteiger partial charge in [0.25, 0.3) is 0 Å². The Morgan fingerprint density at radius 2 is 1.88 bits per heavy atom. The number of hydrogen-bond acceptors (Lipinski definition) is 4. The number of nitro groups is 1. The van der Waals surface area contributed by atoms with E-state index in [2.05, 4.69) is 9.97 Å². The SMILES string of the molecule is O=[N+]([O-])c1c(Cl)ncnc1-c1ccccc1Cl. The topological polar surface area (TPSA) is 68.9 Å². The van der Waals surface area contributed by atoms with Crippen LogP contribution in [0.4, 0.5) is 5.69 Å². The van der Waals surface area contributed by atoms with Crippen molar-refractivity contribution in [1.29, 1.82) is 0 Å². The number of hydrogen-bond donors (Lipinski definition) is 0. The van der Waals surface area contributed by atoms with Gasteiger partial charge < -0.3 is 0 Å².